The second-order valence-corrected chi connectivity index (χ2v) is 9.03. The van der Waals surface area contributed by atoms with E-state index >= 15 is 0 Å². The first-order chi connectivity index (χ1) is 17.2. The largest absolute Gasteiger partial charge is 0.352 e. The lowest BCUT2D eigenvalue weighted by molar-refractivity contribution is -0.121. The van der Waals surface area contributed by atoms with E-state index in [-0.39, 0.29) is 11.8 Å². The van der Waals surface area contributed by atoms with Crippen LogP contribution in [0, 0.1) is 0 Å². The van der Waals surface area contributed by atoms with E-state index in [9.17, 15) is 4.79 Å². The maximum atomic E-state index is 13.1. The van der Waals surface area contributed by atoms with Crippen LogP contribution in [-0.2, 0) is 17.9 Å². The SMILES string of the molecule is O=C(C[C@H](c1ccccc1Cl)c1cn(Cc2ccccc2)c2ccccc12)NCc1ccncc1. The molecule has 174 valence electrons. The van der Waals surface area contributed by atoms with Crippen molar-refractivity contribution in [2.45, 2.75) is 25.4 Å². The van der Waals surface area contributed by atoms with Crippen LogP contribution in [0.5, 0.6) is 0 Å². The van der Waals surface area contributed by atoms with E-state index in [0.717, 1.165) is 34.1 Å². The molecule has 3 aromatic carbocycles. The first-order valence-electron chi connectivity index (χ1n) is 11.7. The zero-order valence-corrected chi connectivity index (χ0v) is 20.0. The second-order valence-electron chi connectivity index (χ2n) is 8.63. The molecule has 0 fully saturated rings. The number of amides is 1. The van der Waals surface area contributed by atoms with Gasteiger partial charge in [0, 0.05) is 59.9 Å². The summed E-state index contributed by atoms with van der Waals surface area (Å²) >= 11 is 6.67. The first kappa shape index (κ1) is 22.9. The van der Waals surface area contributed by atoms with Gasteiger partial charge in [-0.15, -0.1) is 0 Å². The molecule has 2 aromatic heterocycles. The molecule has 0 radical (unpaired) electrons. The standard InChI is InChI=1S/C30H26ClN3O/c31-28-12-6-4-10-24(28)26(18-30(35)33-19-22-14-16-32-17-15-22)27-21-34(20-23-8-2-1-3-9-23)29-13-7-5-11-25(27)29/h1-17,21,26H,18-20H2,(H,33,35)/t26-/m1/s1. The number of benzene rings is 3. The summed E-state index contributed by atoms with van der Waals surface area (Å²) in [4.78, 5) is 17.2. The van der Waals surface area contributed by atoms with Crippen LogP contribution in [0.15, 0.2) is 110 Å². The van der Waals surface area contributed by atoms with E-state index in [1.807, 2.05) is 48.5 Å². The van der Waals surface area contributed by atoms with E-state index < -0.39 is 0 Å². The van der Waals surface area contributed by atoms with E-state index in [1.54, 1.807) is 12.4 Å². The summed E-state index contributed by atoms with van der Waals surface area (Å²) < 4.78 is 2.26. The molecule has 35 heavy (non-hydrogen) atoms. The fraction of sp³-hybridized carbons (Fsp3) is 0.133. The number of halogens is 1. The van der Waals surface area contributed by atoms with Crippen molar-refractivity contribution in [2.24, 2.45) is 0 Å². The van der Waals surface area contributed by atoms with Crippen molar-refractivity contribution in [1.82, 2.24) is 14.9 Å². The molecule has 0 saturated carbocycles. The number of pyridine rings is 1. The smallest absolute Gasteiger partial charge is 0.221 e. The third kappa shape index (κ3) is 5.28. The quantitative estimate of drug-likeness (QED) is 0.273. The Balaban J connectivity index is 1.51. The highest BCUT2D eigenvalue weighted by Gasteiger charge is 2.24. The lowest BCUT2D eigenvalue weighted by atomic mass is 9.88. The monoisotopic (exact) mass is 479 g/mol. The Morgan fingerprint density at radius 2 is 1.54 bits per heavy atom. The lowest BCUT2D eigenvalue weighted by Crippen LogP contribution is -2.25. The highest BCUT2D eigenvalue weighted by molar-refractivity contribution is 6.31. The molecule has 5 rings (SSSR count). The Morgan fingerprint density at radius 1 is 0.829 bits per heavy atom. The number of hydrogen-bond acceptors (Lipinski definition) is 2. The number of fused-ring (bicyclic) bond motifs is 1. The van der Waals surface area contributed by atoms with Crippen LogP contribution >= 0.6 is 11.6 Å². The maximum Gasteiger partial charge on any atom is 0.221 e. The number of hydrogen-bond donors (Lipinski definition) is 1. The van der Waals surface area contributed by atoms with Gasteiger partial charge in [-0.3, -0.25) is 9.78 Å². The van der Waals surface area contributed by atoms with E-state index in [2.05, 4.69) is 63.5 Å². The lowest BCUT2D eigenvalue weighted by Gasteiger charge is -2.18. The van der Waals surface area contributed by atoms with Gasteiger partial charge in [0.25, 0.3) is 0 Å². The zero-order chi connectivity index (χ0) is 24.0. The summed E-state index contributed by atoms with van der Waals surface area (Å²) in [5, 5.41) is 4.87. The van der Waals surface area contributed by atoms with Gasteiger partial charge >= 0.3 is 0 Å². The van der Waals surface area contributed by atoms with Gasteiger partial charge in [0.1, 0.15) is 0 Å². The Morgan fingerprint density at radius 3 is 2.34 bits per heavy atom. The minimum absolute atomic E-state index is 0.0216. The topological polar surface area (TPSA) is 46.9 Å². The Bertz CT molecular complexity index is 1430. The van der Waals surface area contributed by atoms with Crippen molar-refractivity contribution in [3.8, 4) is 0 Å². The fourth-order valence-electron chi connectivity index (χ4n) is 4.57. The van der Waals surface area contributed by atoms with Crippen molar-refractivity contribution >= 4 is 28.4 Å². The van der Waals surface area contributed by atoms with Gasteiger partial charge in [-0.1, -0.05) is 78.3 Å². The predicted molar refractivity (Wildman–Crippen MR) is 141 cm³/mol. The van der Waals surface area contributed by atoms with Gasteiger partial charge in [0.2, 0.25) is 5.91 Å². The number of para-hydroxylation sites is 1. The van der Waals surface area contributed by atoms with Crippen molar-refractivity contribution in [3.63, 3.8) is 0 Å². The minimum Gasteiger partial charge on any atom is -0.352 e. The summed E-state index contributed by atoms with van der Waals surface area (Å²) in [6.07, 6.45) is 5.95. The van der Waals surface area contributed by atoms with E-state index in [1.165, 1.54) is 5.56 Å². The van der Waals surface area contributed by atoms with E-state index in [4.69, 9.17) is 11.6 Å². The summed E-state index contributed by atoms with van der Waals surface area (Å²) in [6, 6.07) is 30.4. The number of nitrogens with zero attached hydrogens (tertiary/aromatic N) is 2. The van der Waals surface area contributed by atoms with Gasteiger partial charge in [-0.2, -0.15) is 0 Å². The highest BCUT2D eigenvalue weighted by Crippen LogP contribution is 2.38. The maximum absolute atomic E-state index is 13.1. The molecular weight excluding hydrogens is 454 g/mol. The summed E-state index contributed by atoms with van der Waals surface area (Å²) in [5.74, 6) is -0.199. The molecule has 0 aliphatic heterocycles. The molecule has 1 amide bonds. The number of nitrogens with one attached hydrogen (secondary N) is 1. The third-order valence-corrected chi connectivity index (χ3v) is 6.64. The molecule has 0 spiro atoms. The Labute approximate surface area is 210 Å². The van der Waals surface area contributed by atoms with Gasteiger partial charge in [0.05, 0.1) is 0 Å². The van der Waals surface area contributed by atoms with Crippen LogP contribution in [0.2, 0.25) is 5.02 Å². The third-order valence-electron chi connectivity index (χ3n) is 6.30. The molecule has 5 heteroatoms. The number of carbonyl (C=O) groups is 1. The molecule has 4 nitrogen and oxygen atoms in total. The summed E-state index contributed by atoms with van der Waals surface area (Å²) in [5.41, 5.74) is 5.44. The summed E-state index contributed by atoms with van der Waals surface area (Å²) in [6.45, 7) is 1.22. The number of rotatable bonds is 8. The van der Waals surface area contributed by atoms with Gasteiger partial charge in [-0.05, 0) is 46.5 Å². The molecular formula is C30H26ClN3O. The fourth-order valence-corrected chi connectivity index (χ4v) is 4.84. The van der Waals surface area contributed by atoms with Crippen LogP contribution in [0.3, 0.4) is 0 Å². The number of aromatic nitrogens is 2. The van der Waals surface area contributed by atoms with Crippen molar-refractivity contribution in [1.29, 1.82) is 0 Å². The Kier molecular flexibility index (Phi) is 6.92. The summed E-state index contributed by atoms with van der Waals surface area (Å²) in [7, 11) is 0. The van der Waals surface area contributed by atoms with Crippen molar-refractivity contribution in [2.75, 3.05) is 0 Å². The highest BCUT2D eigenvalue weighted by atomic mass is 35.5. The second kappa shape index (κ2) is 10.6. The molecule has 2 heterocycles. The van der Waals surface area contributed by atoms with Crippen LogP contribution in [-0.4, -0.2) is 15.5 Å². The van der Waals surface area contributed by atoms with Crippen LogP contribution in [0.1, 0.15) is 34.6 Å². The molecule has 0 aliphatic carbocycles. The number of carbonyl (C=O) groups excluding carboxylic acids is 1. The molecule has 0 unspecified atom stereocenters. The van der Waals surface area contributed by atoms with Crippen LogP contribution < -0.4 is 5.32 Å². The average molecular weight is 480 g/mol. The normalized spacial score (nSPS) is 11.9. The van der Waals surface area contributed by atoms with Gasteiger partial charge in [0.15, 0.2) is 0 Å². The van der Waals surface area contributed by atoms with E-state index in [0.29, 0.717) is 18.0 Å². The van der Waals surface area contributed by atoms with Crippen molar-refractivity contribution in [3.05, 3.63) is 137 Å². The Hall–Kier alpha value is -3.89. The predicted octanol–water partition coefficient (Wildman–Crippen LogP) is 6.58. The molecule has 1 atom stereocenters. The average Bonchev–Trinajstić information content (AvgIpc) is 3.26. The first-order valence-corrected chi connectivity index (χ1v) is 12.1. The van der Waals surface area contributed by atoms with Crippen LogP contribution in [0.4, 0.5) is 0 Å². The van der Waals surface area contributed by atoms with Gasteiger partial charge in [-0.25, -0.2) is 0 Å². The molecule has 5 aromatic rings. The molecule has 1 N–H and O–H groups in total. The molecule has 0 saturated heterocycles. The van der Waals surface area contributed by atoms with Crippen LogP contribution in [0.25, 0.3) is 10.9 Å². The molecule has 0 aliphatic rings. The van der Waals surface area contributed by atoms with Crippen molar-refractivity contribution < 1.29 is 4.79 Å². The van der Waals surface area contributed by atoms with Gasteiger partial charge < -0.3 is 9.88 Å². The zero-order valence-electron chi connectivity index (χ0n) is 19.3. The molecule has 0 bridgehead atoms. The minimum atomic E-state index is -0.178.